The van der Waals surface area contributed by atoms with E-state index in [-0.39, 0.29) is 16.0 Å². The van der Waals surface area contributed by atoms with Gasteiger partial charge in [0.25, 0.3) is 5.91 Å². The first kappa shape index (κ1) is 10.5. The normalized spacial score (nSPS) is 10.2. The van der Waals surface area contributed by atoms with Gasteiger partial charge in [0.2, 0.25) is 16.5 Å². The summed E-state index contributed by atoms with van der Waals surface area (Å²) in [6.45, 7) is 0.401. The number of nitrogens with zero attached hydrogens (tertiary/aromatic N) is 4. The monoisotopic (exact) mass is 240 g/mol. The summed E-state index contributed by atoms with van der Waals surface area (Å²) in [5.41, 5.74) is 5.35. The molecule has 0 aliphatic heterocycles. The lowest BCUT2D eigenvalue weighted by atomic mass is 10.4. The maximum Gasteiger partial charge on any atom is 0.282 e. The molecular formula is C7H8N6O2S. The Hall–Kier alpha value is -2.03. The Morgan fingerprint density at radius 1 is 1.56 bits per heavy atom. The Kier molecular flexibility index (Phi) is 3.05. The van der Waals surface area contributed by atoms with Crippen molar-refractivity contribution in [1.82, 2.24) is 25.7 Å². The van der Waals surface area contributed by atoms with Gasteiger partial charge in [0, 0.05) is 13.0 Å². The van der Waals surface area contributed by atoms with Gasteiger partial charge in [0.1, 0.15) is 0 Å². The Labute approximate surface area is 93.9 Å². The molecule has 3 N–H and O–H groups in total. The SMILES string of the molecule is Nc1nnc(C(=O)NCCc2ncon2)s1. The van der Waals surface area contributed by atoms with Gasteiger partial charge in [-0.1, -0.05) is 16.5 Å². The van der Waals surface area contributed by atoms with Crippen LogP contribution in [0.4, 0.5) is 5.13 Å². The first-order chi connectivity index (χ1) is 7.75. The number of aromatic nitrogens is 4. The highest BCUT2D eigenvalue weighted by molar-refractivity contribution is 7.16. The first-order valence-corrected chi connectivity index (χ1v) is 5.20. The summed E-state index contributed by atoms with van der Waals surface area (Å²) in [5, 5.41) is 13.9. The van der Waals surface area contributed by atoms with Gasteiger partial charge < -0.3 is 15.6 Å². The number of carbonyl (C=O) groups excluding carboxylic acids is 1. The molecule has 9 heteroatoms. The van der Waals surface area contributed by atoms with Crippen molar-refractivity contribution in [1.29, 1.82) is 0 Å². The van der Waals surface area contributed by atoms with Crippen LogP contribution in [0.15, 0.2) is 10.9 Å². The highest BCUT2D eigenvalue weighted by Crippen LogP contribution is 2.10. The molecule has 2 aromatic heterocycles. The fourth-order valence-corrected chi connectivity index (χ4v) is 1.52. The third kappa shape index (κ3) is 2.51. The minimum Gasteiger partial charge on any atom is -0.374 e. The highest BCUT2D eigenvalue weighted by atomic mass is 32.1. The smallest absolute Gasteiger partial charge is 0.282 e. The molecule has 16 heavy (non-hydrogen) atoms. The molecule has 0 spiro atoms. The van der Waals surface area contributed by atoms with E-state index in [1.807, 2.05) is 0 Å². The molecule has 8 nitrogen and oxygen atoms in total. The minimum atomic E-state index is -0.308. The number of nitrogen functional groups attached to an aromatic ring is 1. The van der Waals surface area contributed by atoms with Crippen LogP contribution in [0.3, 0.4) is 0 Å². The molecule has 84 valence electrons. The molecule has 0 aromatic carbocycles. The molecule has 0 bridgehead atoms. The van der Waals surface area contributed by atoms with Crippen LogP contribution in [0.1, 0.15) is 15.6 Å². The quantitative estimate of drug-likeness (QED) is 0.737. The second kappa shape index (κ2) is 4.66. The molecule has 0 aliphatic rings. The number of nitrogens with two attached hydrogens (primary N) is 1. The third-order valence-electron chi connectivity index (χ3n) is 1.68. The van der Waals surface area contributed by atoms with Crippen LogP contribution in [0.5, 0.6) is 0 Å². The van der Waals surface area contributed by atoms with E-state index in [9.17, 15) is 4.79 Å². The van der Waals surface area contributed by atoms with Crippen molar-refractivity contribution < 1.29 is 9.32 Å². The van der Waals surface area contributed by atoms with Crippen molar-refractivity contribution >= 4 is 22.4 Å². The summed E-state index contributed by atoms with van der Waals surface area (Å²) >= 11 is 1.04. The molecule has 2 aromatic rings. The number of hydrogen-bond donors (Lipinski definition) is 2. The fraction of sp³-hybridized carbons (Fsp3) is 0.286. The number of hydrogen-bond acceptors (Lipinski definition) is 8. The predicted octanol–water partition coefficient (Wildman–Crippen LogP) is -0.524. The maximum absolute atomic E-state index is 11.5. The zero-order valence-electron chi connectivity index (χ0n) is 8.08. The zero-order chi connectivity index (χ0) is 11.4. The van der Waals surface area contributed by atoms with E-state index in [1.165, 1.54) is 6.39 Å². The van der Waals surface area contributed by atoms with Crippen LogP contribution in [0, 0.1) is 0 Å². The van der Waals surface area contributed by atoms with Gasteiger partial charge in [-0.05, 0) is 0 Å². The number of nitrogens with one attached hydrogen (secondary N) is 1. The van der Waals surface area contributed by atoms with Crippen molar-refractivity contribution in [3.05, 3.63) is 17.2 Å². The largest absolute Gasteiger partial charge is 0.374 e. The summed E-state index contributed by atoms with van der Waals surface area (Å²) < 4.78 is 4.55. The molecule has 0 saturated carbocycles. The summed E-state index contributed by atoms with van der Waals surface area (Å²) in [6.07, 6.45) is 1.74. The van der Waals surface area contributed by atoms with Gasteiger partial charge in [0.15, 0.2) is 5.82 Å². The van der Waals surface area contributed by atoms with Crippen LogP contribution in [0.25, 0.3) is 0 Å². The van der Waals surface area contributed by atoms with Crippen molar-refractivity contribution in [3.8, 4) is 0 Å². The predicted molar refractivity (Wildman–Crippen MR) is 54.7 cm³/mol. The Morgan fingerprint density at radius 3 is 3.06 bits per heavy atom. The number of carbonyl (C=O) groups is 1. The van der Waals surface area contributed by atoms with Crippen LogP contribution >= 0.6 is 11.3 Å². The second-order valence-electron chi connectivity index (χ2n) is 2.80. The molecule has 0 fully saturated rings. The minimum absolute atomic E-state index is 0.241. The highest BCUT2D eigenvalue weighted by Gasteiger charge is 2.10. The summed E-state index contributed by atoms with van der Waals surface area (Å²) in [4.78, 5) is 15.3. The van der Waals surface area contributed by atoms with Crippen LogP contribution in [-0.4, -0.2) is 32.8 Å². The summed E-state index contributed by atoms with van der Waals surface area (Å²) in [7, 11) is 0. The van der Waals surface area contributed by atoms with E-state index in [4.69, 9.17) is 5.73 Å². The van der Waals surface area contributed by atoms with Crippen LogP contribution < -0.4 is 11.1 Å². The maximum atomic E-state index is 11.5. The van der Waals surface area contributed by atoms with Crippen molar-refractivity contribution in [2.45, 2.75) is 6.42 Å². The molecular weight excluding hydrogens is 232 g/mol. The van der Waals surface area contributed by atoms with Gasteiger partial charge in [-0.25, -0.2) is 0 Å². The van der Waals surface area contributed by atoms with Crippen molar-refractivity contribution in [2.24, 2.45) is 0 Å². The van der Waals surface area contributed by atoms with E-state index in [1.54, 1.807) is 0 Å². The molecule has 0 saturated heterocycles. The van der Waals surface area contributed by atoms with E-state index in [0.717, 1.165) is 11.3 Å². The molecule has 0 radical (unpaired) electrons. The molecule has 0 atom stereocenters. The van der Waals surface area contributed by atoms with E-state index >= 15 is 0 Å². The molecule has 0 aliphatic carbocycles. The van der Waals surface area contributed by atoms with Crippen molar-refractivity contribution in [2.75, 3.05) is 12.3 Å². The van der Waals surface area contributed by atoms with Gasteiger partial charge >= 0.3 is 0 Å². The number of amides is 1. The van der Waals surface area contributed by atoms with E-state index in [0.29, 0.717) is 18.8 Å². The van der Waals surface area contributed by atoms with Gasteiger partial charge in [-0.2, -0.15) is 4.98 Å². The lowest BCUT2D eigenvalue weighted by Gasteiger charge is -1.98. The van der Waals surface area contributed by atoms with Crippen LogP contribution in [0.2, 0.25) is 0 Å². The third-order valence-corrected chi connectivity index (χ3v) is 2.43. The van der Waals surface area contributed by atoms with Gasteiger partial charge in [-0.15, -0.1) is 10.2 Å². The second-order valence-corrected chi connectivity index (χ2v) is 3.81. The molecule has 0 unspecified atom stereocenters. The molecule has 2 rings (SSSR count). The summed E-state index contributed by atoms with van der Waals surface area (Å²) in [5.74, 6) is 0.231. The number of rotatable bonds is 4. The Bertz CT molecular complexity index is 467. The standard InChI is InChI=1S/C7H8N6O2S/c8-7-12-11-6(16-7)5(14)9-2-1-4-10-3-15-13-4/h3H,1-2H2,(H2,8,12)(H,9,14). The lowest BCUT2D eigenvalue weighted by Crippen LogP contribution is -2.25. The lowest BCUT2D eigenvalue weighted by molar-refractivity contribution is 0.0953. The molecule has 1 amide bonds. The Morgan fingerprint density at radius 2 is 2.44 bits per heavy atom. The molecule has 2 heterocycles. The summed E-state index contributed by atoms with van der Waals surface area (Å²) in [6, 6.07) is 0. The zero-order valence-corrected chi connectivity index (χ0v) is 8.90. The average molecular weight is 240 g/mol. The average Bonchev–Trinajstić information content (AvgIpc) is 2.89. The van der Waals surface area contributed by atoms with Gasteiger partial charge in [0.05, 0.1) is 0 Å². The number of anilines is 1. The first-order valence-electron chi connectivity index (χ1n) is 4.38. The van der Waals surface area contributed by atoms with Gasteiger partial charge in [-0.3, -0.25) is 4.79 Å². The van der Waals surface area contributed by atoms with E-state index in [2.05, 4.69) is 30.2 Å². The fourth-order valence-electron chi connectivity index (χ4n) is 0.992. The topological polar surface area (TPSA) is 120 Å². The Balaban J connectivity index is 1.80. The van der Waals surface area contributed by atoms with E-state index < -0.39 is 0 Å². The van der Waals surface area contributed by atoms with Crippen molar-refractivity contribution in [3.63, 3.8) is 0 Å². The van der Waals surface area contributed by atoms with Crippen LogP contribution in [-0.2, 0) is 6.42 Å².